The molecule has 5 heteroatoms. The molecule has 1 amide bonds. The monoisotopic (exact) mass is 312 g/mol. The number of carbonyl (C=O) groups excluding carboxylic acids is 1. The Morgan fingerprint density at radius 1 is 1.27 bits per heavy atom. The van der Waals surface area contributed by atoms with E-state index in [1.807, 2.05) is 12.1 Å². The largest absolute Gasteiger partial charge is 0.322 e. The highest BCUT2D eigenvalue weighted by molar-refractivity contribution is 7.99. The molecule has 0 spiro atoms. The Balaban J connectivity index is 1.86. The summed E-state index contributed by atoms with van der Waals surface area (Å²) in [7, 11) is 0. The van der Waals surface area contributed by atoms with Gasteiger partial charge in [-0.3, -0.25) is 4.79 Å². The zero-order chi connectivity index (χ0) is 15.5. The minimum atomic E-state index is -0.296. The summed E-state index contributed by atoms with van der Waals surface area (Å²) in [5, 5.41) is 8.64. The number of thioether (sulfide) groups is 1. The van der Waals surface area contributed by atoms with E-state index in [9.17, 15) is 9.18 Å². The highest BCUT2D eigenvalue weighted by Gasteiger charge is 2.31. The molecule has 110 valence electrons. The fraction of sp³-hybridized carbons (Fsp3) is 0.176. The summed E-state index contributed by atoms with van der Waals surface area (Å²) in [4.78, 5) is 14.4. The van der Waals surface area contributed by atoms with Crippen LogP contribution in [-0.4, -0.2) is 23.1 Å². The molecular weight excluding hydrogens is 299 g/mol. The maximum atomic E-state index is 13.4. The minimum Gasteiger partial charge on any atom is -0.322 e. The topological polar surface area (TPSA) is 44.1 Å². The van der Waals surface area contributed by atoms with E-state index in [1.165, 1.54) is 12.1 Å². The van der Waals surface area contributed by atoms with Crippen LogP contribution in [-0.2, 0) is 0 Å². The molecule has 1 atom stereocenters. The van der Waals surface area contributed by atoms with Gasteiger partial charge < -0.3 is 4.90 Å². The lowest BCUT2D eigenvalue weighted by Crippen LogP contribution is -2.30. The van der Waals surface area contributed by atoms with Gasteiger partial charge >= 0.3 is 0 Å². The molecule has 1 fully saturated rings. The summed E-state index contributed by atoms with van der Waals surface area (Å²) in [6, 6.07) is 15.0. The van der Waals surface area contributed by atoms with E-state index in [0.717, 1.165) is 11.3 Å². The Morgan fingerprint density at radius 3 is 2.73 bits per heavy atom. The van der Waals surface area contributed by atoms with Crippen molar-refractivity contribution in [2.75, 3.05) is 12.3 Å². The Kier molecular flexibility index (Phi) is 4.12. The molecule has 1 heterocycles. The van der Waals surface area contributed by atoms with Gasteiger partial charge in [0.05, 0.1) is 11.6 Å². The van der Waals surface area contributed by atoms with Crippen molar-refractivity contribution in [2.24, 2.45) is 0 Å². The molecular formula is C17H13FN2OS. The van der Waals surface area contributed by atoms with Gasteiger partial charge in [-0.05, 0) is 42.0 Å². The van der Waals surface area contributed by atoms with Crippen LogP contribution in [0.1, 0.15) is 26.9 Å². The third-order valence-corrected chi connectivity index (χ3v) is 4.81. The number of hydrogen-bond acceptors (Lipinski definition) is 3. The van der Waals surface area contributed by atoms with Gasteiger partial charge in [-0.2, -0.15) is 5.26 Å². The molecule has 1 saturated heterocycles. The van der Waals surface area contributed by atoms with Crippen molar-refractivity contribution in [1.82, 2.24) is 4.90 Å². The number of rotatable bonds is 2. The van der Waals surface area contributed by atoms with Gasteiger partial charge in [-0.1, -0.05) is 12.1 Å². The molecule has 0 N–H and O–H groups in total. The number of halogens is 1. The lowest BCUT2D eigenvalue weighted by atomic mass is 10.1. The van der Waals surface area contributed by atoms with Crippen LogP contribution in [0.3, 0.4) is 0 Å². The van der Waals surface area contributed by atoms with Gasteiger partial charge in [0.25, 0.3) is 5.91 Å². The fourth-order valence-corrected chi connectivity index (χ4v) is 3.71. The molecule has 1 aliphatic rings. The second kappa shape index (κ2) is 6.20. The molecule has 0 aliphatic carbocycles. The summed E-state index contributed by atoms with van der Waals surface area (Å²) < 4.78 is 13.4. The molecule has 3 rings (SSSR count). The first-order valence-corrected chi connectivity index (χ1v) is 7.92. The number of amides is 1. The predicted octanol–water partition coefficient (Wildman–Crippen LogP) is 3.59. The first-order valence-electron chi connectivity index (χ1n) is 6.87. The van der Waals surface area contributed by atoms with E-state index in [4.69, 9.17) is 5.26 Å². The van der Waals surface area contributed by atoms with E-state index in [-0.39, 0.29) is 17.1 Å². The molecule has 0 saturated carbocycles. The predicted molar refractivity (Wildman–Crippen MR) is 83.8 cm³/mol. The Bertz CT molecular complexity index is 739. The minimum absolute atomic E-state index is 0.0937. The van der Waals surface area contributed by atoms with Crippen molar-refractivity contribution in [3.05, 3.63) is 71.0 Å². The first kappa shape index (κ1) is 14.6. The number of nitrogens with zero attached hydrogens (tertiary/aromatic N) is 2. The van der Waals surface area contributed by atoms with Crippen molar-refractivity contribution in [2.45, 2.75) is 5.37 Å². The summed E-state index contributed by atoms with van der Waals surface area (Å²) in [5.74, 6) is 0.433. The van der Waals surface area contributed by atoms with Crippen molar-refractivity contribution in [3.63, 3.8) is 0 Å². The Labute approximate surface area is 132 Å². The lowest BCUT2D eigenvalue weighted by Gasteiger charge is -2.24. The smallest absolute Gasteiger partial charge is 0.255 e. The normalized spacial score (nSPS) is 17.3. The molecule has 0 bridgehead atoms. The zero-order valence-corrected chi connectivity index (χ0v) is 12.5. The molecule has 0 aromatic heterocycles. The quantitative estimate of drug-likeness (QED) is 0.851. The van der Waals surface area contributed by atoms with E-state index in [1.54, 1.807) is 47.0 Å². The van der Waals surface area contributed by atoms with Crippen molar-refractivity contribution in [1.29, 1.82) is 5.26 Å². The maximum absolute atomic E-state index is 13.4. The third-order valence-electron chi connectivity index (χ3n) is 3.55. The highest BCUT2D eigenvalue weighted by Crippen LogP contribution is 2.38. The van der Waals surface area contributed by atoms with Crippen LogP contribution < -0.4 is 0 Å². The van der Waals surface area contributed by atoms with Gasteiger partial charge in [0.15, 0.2) is 0 Å². The fourth-order valence-electron chi connectivity index (χ4n) is 2.47. The van der Waals surface area contributed by atoms with Crippen LogP contribution in [0.5, 0.6) is 0 Å². The van der Waals surface area contributed by atoms with E-state index in [2.05, 4.69) is 0 Å². The number of nitriles is 1. The second-order valence-corrected chi connectivity index (χ2v) is 6.15. The van der Waals surface area contributed by atoms with Gasteiger partial charge in [0.1, 0.15) is 11.2 Å². The van der Waals surface area contributed by atoms with Crippen LogP contribution in [0.15, 0.2) is 48.5 Å². The van der Waals surface area contributed by atoms with E-state index < -0.39 is 0 Å². The van der Waals surface area contributed by atoms with Gasteiger partial charge in [0.2, 0.25) is 0 Å². The molecule has 2 aromatic rings. The van der Waals surface area contributed by atoms with Gasteiger partial charge in [-0.25, -0.2) is 4.39 Å². The highest BCUT2D eigenvalue weighted by atomic mass is 32.2. The third kappa shape index (κ3) is 2.83. The molecule has 1 aliphatic heterocycles. The number of benzene rings is 2. The summed E-state index contributed by atoms with van der Waals surface area (Å²) in [6.07, 6.45) is 0. The summed E-state index contributed by atoms with van der Waals surface area (Å²) in [5.41, 5.74) is 1.86. The number of hydrogen-bond donors (Lipinski definition) is 0. The molecule has 0 radical (unpaired) electrons. The van der Waals surface area contributed by atoms with E-state index >= 15 is 0 Å². The molecule has 1 unspecified atom stereocenters. The van der Waals surface area contributed by atoms with Gasteiger partial charge in [0, 0.05) is 17.9 Å². The van der Waals surface area contributed by atoms with Gasteiger partial charge in [-0.15, -0.1) is 11.8 Å². The van der Waals surface area contributed by atoms with E-state index in [0.29, 0.717) is 17.7 Å². The first-order chi connectivity index (χ1) is 10.7. The van der Waals surface area contributed by atoms with Crippen LogP contribution in [0, 0.1) is 17.1 Å². The Morgan fingerprint density at radius 2 is 2.05 bits per heavy atom. The molecule has 22 heavy (non-hydrogen) atoms. The maximum Gasteiger partial charge on any atom is 0.255 e. The van der Waals surface area contributed by atoms with Crippen molar-refractivity contribution >= 4 is 17.7 Å². The SMILES string of the molecule is N#Cc1ccc(C(=O)N2CCSC2c2cccc(F)c2)cc1. The molecule has 2 aromatic carbocycles. The average Bonchev–Trinajstić information content (AvgIpc) is 3.04. The number of carbonyl (C=O) groups is 1. The Hall–Kier alpha value is -2.32. The summed E-state index contributed by atoms with van der Waals surface area (Å²) in [6.45, 7) is 0.630. The van der Waals surface area contributed by atoms with Crippen LogP contribution in [0.2, 0.25) is 0 Å². The van der Waals surface area contributed by atoms with Crippen LogP contribution >= 0.6 is 11.8 Å². The van der Waals surface area contributed by atoms with Crippen molar-refractivity contribution in [3.8, 4) is 6.07 Å². The summed E-state index contributed by atoms with van der Waals surface area (Å²) >= 11 is 1.63. The second-order valence-electron chi connectivity index (χ2n) is 4.97. The standard InChI is InChI=1S/C17H13FN2OS/c18-15-3-1-2-14(10-15)17-20(8-9-22-17)16(21)13-6-4-12(11-19)5-7-13/h1-7,10,17H,8-9H2. The van der Waals surface area contributed by atoms with Crippen LogP contribution in [0.4, 0.5) is 4.39 Å². The zero-order valence-electron chi connectivity index (χ0n) is 11.7. The van der Waals surface area contributed by atoms with Crippen molar-refractivity contribution < 1.29 is 9.18 Å². The van der Waals surface area contributed by atoms with Crippen LogP contribution in [0.25, 0.3) is 0 Å². The molecule has 3 nitrogen and oxygen atoms in total. The average molecular weight is 312 g/mol. The lowest BCUT2D eigenvalue weighted by molar-refractivity contribution is 0.0760.